The second-order valence-corrected chi connectivity index (χ2v) is 8.07. The van der Waals surface area contributed by atoms with Crippen LogP contribution in [0.5, 0.6) is 0 Å². The molecule has 0 spiro atoms. The van der Waals surface area contributed by atoms with Gasteiger partial charge in [0.1, 0.15) is 11.9 Å². The molecule has 1 N–H and O–H groups in total. The minimum absolute atomic E-state index is 0.0869. The van der Waals surface area contributed by atoms with Crippen molar-refractivity contribution in [1.29, 1.82) is 0 Å². The fraction of sp³-hybridized carbons (Fsp3) is 0.280. The number of hydrogen-bond donors (Lipinski definition) is 1. The molecule has 0 radical (unpaired) electrons. The average Bonchev–Trinajstić information content (AvgIpc) is 3.08. The Labute approximate surface area is 190 Å². The summed E-state index contributed by atoms with van der Waals surface area (Å²) < 4.78 is 18.2. The van der Waals surface area contributed by atoms with Crippen LogP contribution in [0.4, 0.5) is 10.1 Å². The number of allylic oxidation sites excluding steroid dienone is 2. The third-order valence-electron chi connectivity index (χ3n) is 5.87. The average molecular weight is 450 g/mol. The highest BCUT2D eigenvalue weighted by Gasteiger charge is 2.51. The first kappa shape index (κ1) is 22.4. The number of imide groups is 1. The van der Waals surface area contributed by atoms with Gasteiger partial charge in [0.15, 0.2) is 6.61 Å². The molecule has 33 heavy (non-hydrogen) atoms. The Kier molecular flexibility index (Phi) is 6.63. The number of carbonyl (C=O) groups is 4. The maximum atomic E-state index is 13.0. The van der Waals surface area contributed by atoms with E-state index >= 15 is 0 Å². The van der Waals surface area contributed by atoms with Crippen LogP contribution in [0.25, 0.3) is 0 Å². The Hall–Kier alpha value is -3.81. The monoisotopic (exact) mass is 450 g/mol. The lowest BCUT2D eigenvalue weighted by molar-refractivity contribution is -0.159. The van der Waals surface area contributed by atoms with E-state index in [0.717, 1.165) is 10.5 Å². The normalized spacial score (nSPS) is 20.3. The molecule has 3 atom stereocenters. The number of fused-ring (bicyclic) bond motifs is 1. The van der Waals surface area contributed by atoms with Crippen molar-refractivity contribution in [2.24, 2.45) is 11.8 Å². The predicted molar refractivity (Wildman–Crippen MR) is 117 cm³/mol. The molecule has 1 heterocycles. The number of halogens is 1. The van der Waals surface area contributed by atoms with Crippen molar-refractivity contribution >= 4 is 29.4 Å². The number of carbonyl (C=O) groups excluding carboxylic acids is 4. The van der Waals surface area contributed by atoms with Crippen LogP contribution < -0.4 is 5.32 Å². The van der Waals surface area contributed by atoms with Gasteiger partial charge in [-0.05, 0) is 42.7 Å². The molecule has 0 bridgehead atoms. The van der Waals surface area contributed by atoms with Gasteiger partial charge >= 0.3 is 5.97 Å². The minimum Gasteiger partial charge on any atom is -0.454 e. The Bertz CT molecular complexity index is 1060. The van der Waals surface area contributed by atoms with Gasteiger partial charge in [-0.2, -0.15) is 0 Å². The molecular formula is C25H23FN2O5. The van der Waals surface area contributed by atoms with Crippen LogP contribution in [0.2, 0.25) is 0 Å². The van der Waals surface area contributed by atoms with Gasteiger partial charge in [-0.3, -0.25) is 19.3 Å². The summed E-state index contributed by atoms with van der Waals surface area (Å²) in [6.45, 7) is -0.605. The topological polar surface area (TPSA) is 92.8 Å². The summed E-state index contributed by atoms with van der Waals surface area (Å²) in [7, 11) is 0. The van der Waals surface area contributed by atoms with E-state index in [0.29, 0.717) is 18.5 Å². The van der Waals surface area contributed by atoms with Crippen LogP contribution in [-0.4, -0.2) is 41.2 Å². The molecule has 170 valence electrons. The molecule has 3 amide bonds. The molecule has 1 fully saturated rings. The number of anilines is 1. The SMILES string of the molecule is O=C(COC(=O)[C@H](Cc1ccccc1)N1C(=O)[C@@H]2CC=CC[C@H]2C1=O)Nc1ccc(F)cc1. The minimum atomic E-state index is -1.17. The summed E-state index contributed by atoms with van der Waals surface area (Å²) in [5, 5.41) is 2.50. The molecule has 8 heteroatoms. The summed E-state index contributed by atoms with van der Waals surface area (Å²) in [4.78, 5) is 52.3. The summed E-state index contributed by atoms with van der Waals surface area (Å²) in [6.07, 6.45) is 4.75. The van der Waals surface area contributed by atoms with E-state index in [1.165, 1.54) is 24.3 Å². The fourth-order valence-corrected chi connectivity index (χ4v) is 4.21. The Morgan fingerprint density at radius 3 is 2.18 bits per heavy atom. The van der Waals surface area contributed by atoms with Gasteiger partial charge in [0.2, 0.25) is 11.8 Å². The molecule has 0 saturated carbocycles. The third-order valence-corrected chi connectivity index (χ3v) is 5.87. The van der Waals surface area contributed by atoms with Crippen LogP contribution in [0.1, 0.15) is 18.4 Å². The number of nitrogens with zero attached hydrogens (tertiary/aromatic N) is 1. The number of likely N-dealkylation sites (tertiary alicyclic amines) is 1. The first-order valence-corrected chi connectivity index (χ1v) is 10.7. The number of rotatable bonds is 7. The second-order valence-electron chi connectivity index (χ2n) is 8.07. The van der Waals surface area contributed by atoms with Crippen molar-refractivity contribution in [3.8, 4) is 0 Å². The van der Waals surface area contributed by atoms with Crippen molar-refractivity contribution in [3.05, 3.63) is 78.1 Å². The van der Waals surface area contributed by atoms with Crippen molar-refractivity contribution in [2.45, 2.75) is 25.3 Å². The van der Waals surface area contributed by atoms with E-state index in [4.69, 9.17) is 4.74 Å². The van der Waals surface area contributed by atoms with Gasteiger partial charge in [0, 0.05) is 12.1 Å². The van der Waals surface area contributed by atoms with E-state index < -0.39 is 42.2 Å². The smallest absolute Gasteiger partial charge is 0.330 e. The number of esters is 1. The largest absolute Gasteiger partial charge is 0.454 e. The molecule has 2 aromatic rings. The quantitative estimate of drug-likeness (QED) is 0.398. The molecule has 1 aliphatic carbocycles. The zero-order chi connectivity index (χ0) is 23.4. The zero-order valence-electron chi connectivity index (χ0n) is 17.8. The maximum absolute atomic E-state index is 13.0. The standard InChI is InChI=1S/C25H23FN2O5/c26-17-10-12-18(13-11-17)27-22(29)15-33-25(32)21(14-16-6-2-1-3-7-16)28-23(30)19-8-4-5-9-20(19)24(28)31/h1-7,10-13,19-21H,8-9,14-15H2,(H,27,29)/t19-,20-,21+/m1/s1. The van der Waals surface area contributed by atoms with Gasteiger partial charge in [0.25, 0.3) is 5.91 Å². The van der Waals surface area contributed by atoms with Crippen LogP contribution in [0.3, 0.4) is 0 Å². The lowest BCUT2D eigenvalue weighted by Crippen LogP contribution is -2.48. The molecule has 4 rings (SSSR count). The predicted octanol–water partition coefficient (Wildman–Crippen LogP) is 2.87. The molecule has 1 saturated heterocycles. The molecule has 1 aliphatic heterocycles. The molecule has 2 aliphatic rings. The van der Waals surface area contributed by atoms with E-state index in [2.05, 4.69) is 5.32 Å². The summed E-state index contributed by atoms with van der Waals surface area (Å²) in [6, 6.07) is 13.0. The molecule has 0 aromatic heterocycles. The highest BCUT2D eigenvalue weighted by atomic mass is 19.1. The summed E-state index contributed by atoms with van der Waals surface area (Å²) in [5.41, 5.74) is 1.10. The van der Waals surface area contributed by atoms with Crippen LogP contribution in [0.15, 0.2) is 66.7 Å². The second kappa shape index (κ2) is 9.77. The van der Waals surface area contributed by atoms with E-state index in [-0.39, 0.29) is 18.2 Å². The van der Waals surface area contributed by atoms with Gasteiger partial charge in [-0.15, -0.1) is 0 Å². The van der Waals surface area contributed by atoms with Gasteiger partial charge in [-0.25, -0.2) is 9.18 Å². The van der Waals surface area contributed by atoms with Crippen molar-refractivity contribution in [2.75, 3.05) is 11.9 Å². The van der Waals surface area contributed by atoms with E-state index in [9.17, 15) is 23.6 Å². The van der Waals surface area contributed by atoms with Crippen LogP contribution >= 0.6 is 0 Å². The highest BCUT2D eigenvalue weighted by molar-refractivity contribution is 6.08. The number of amides is 3. The lowest BCUT2D eigenvalue weighted by atomic mass is 9.85. The van der Waals surface area contributed by atoms with E-state index in [1.54, 1.807) is 24.3 Å². The fourth-order valence-electron chi connectivity index (χ4n) is 4.21. The van der Waals surface area contributed by atoms with Crippen LogP contribution in [-0.2, 0) is 30.3 Å². The molecule has 7 nitrogen and oxygen atoms in total. The first-order valence-electron chi connectivity index (χ1n) is 10.7. The first-order chi connectivity index (χ1) is 15.9. The van der Waals surface area contributed by atoms with E-state index in [1.807, 2.05) is 18.2 Å². The Morgan fingerprint density at radius 1 is 0.970 bits per heavy atom. The van der Waals surface area contributed by atoms with Crippen molar-refractivity contribution in [1.82, 2.24) is 4.90 Å². The maximum Gasteiger partial charge on any atom is 0.330 e. The molecule has 2 aromatic carbocycles. The zero-order valence-corrected chi connectivity index (χ0v) is 17.8. The van der Waals surface area contributed by atoms with Gasteiger partial charge in [-0.1, -0.05) is 42.5 Å². The third kappa shape index (κ3) is 5.00. The summed E-state index contributed by atoms with van der Waals surface area (Å²) in [5.74, 6) is -3.62. The highest BCUT2D eigenvalue weighted by Crippen LogP contribution is 2.36. The van der Waals surface area contributed by atoms with Gasteiger partial charge in [0.05, 0.1) is 11.8 Å². The Morgan fingerprint density at radius 2 is 1.58 bits per heavy atom. The number of hydrogen-bond acceptors (Lipinski definition) is 5. The summed E-state index contributed by atoms with van der Waals surface area (Å²) >= 11 is 0. The number of ether oxygens (including phenoxy) is 1. The molecule has 0 unspecified atom stereocenters. The van der Waals surface area contributed by atoms with Crippen molar-refractivity contribution in [3.63, 3.8) is 0 Å². The Balaban J connectivity index is 1.48. The number of nitrogens with one attached hydrogen (secondary N) is 1. The number of benzene rings is 2. The van der Waals surface area contributed by atoms with Crippen LogP contribution in [0, 0.1) is 17.7 Å². The lowest BCUT2D eigenvalue weighted by Gasteiger charge is -2.25. The molecular weight excluding hydrogens is 427 g/mol. The van der Waals surface area contributed by atoms with Gasteiger partial charge < -0.3 is 10.1 Å². The van der Waals surface area contributed by atoms with Crippen molar-refractivity contribution < 1.29 is 28.3 Å².